The molecule has 1 heterocycles. The Hall–Kier alpha value is -2.93. The van der Waals surface area contributed by atoms with Crippen LogP contribution in [0.1, 0.15) is 32.0 Å². The number of benzene rings is 2. The average Bonchev–Trinajstić information content (AvgIpc) is 3.18. The lowest BCUT2D eigenvalue weighted by Gasteiger charge is -2.09. The lowest BCUT2D eigenvalue weighted by atomic mass is 10.1. The van der Waals surface area contributed by atoms with Gasteiger partial charge in [0, 0.05) is 16.6 Å². The number of halogens is 2. The lowest BCUT2D eigenvalue weighted by Crippen LogP contribution is -2.24. The zero-order valence-corrected chi connectivity index (χ0v) is 15.8. The molecule has 1 aromatic heterocycles. The molecule has 5 nitrogen and oxygen atoms in total. The summed E-state index contributed by atoms with van der Waals surface area (Å²) < 4.78 is 18.7. The standard InChI is InChI=1S/C20H16BrFN2O3/c21-18-10-15(22)6-7-17(18)20(26)23-11-13-3-1-4-14(9-13)19(25)24-12-16-5-2-8-27-16/h1-10H,11-12H2,(H,23,26)(H,24,25). The molecule has 0 aliphatic rings. The molecule has 0 aliphatic heterocycles. The molecule has 0 unspecified atom stereocenters. The zero-order valence-electron chi connectivity index (χ0n) is 14.2. The first-order chi connectivity index (χ1) is 13.0. The van der Waals surface area contributed by atoms with Crippen molar-refractivity contribution in [3.8, 4) is 0 Å². The predicted octanol–water partition coefficient (Wildman–Crippen LogP) is 4.04. The van der Waals surface area contributed by atoms with Gasteiger partial charge in [-0.1, -0.05) is 12.1 Å². The number of amides is 2. The fourth-order valence-corrected chi connectivity index (χ4v) is 2.99. The van der Waals surface area contributed by atoms with E-state index in [4.69, 9.17) is 4.42 Å². The fourth-order valence-electron chi connectivity index (χ4n) is 2.46. The van der Waals surface area contributed by atoms with E-state index in [0.29, 0.717) is 27.9 Å². The molecule has 0 radical (unpaired) electrons. The van der Waals surface area contributed by atoms with Crippen LogP contribution in [0, 0.1) is 5.82 Å². The van der Waals surface area contributed by atoms with E-state index < -0.39 is 5.82 Å². The molecule has 0 atom stereocenters. The van der Waals surface area contributed by atoms with E-state index in [1.54, 1.807) is 36.6 Å². The van der Waals surface area contributed by atoms with Gasteiger partial charge >= 0.3 is 0 Å². The molecule has 0 fully saturated rings. The van der Waals surface area contributed by atoms with E-state index in [1.165, 1.54) is 18.2 Å². The minimum Gasteiger partial charge on any atom is -0.467 e. The van der Waals surface area contributed by atoms with Crippen LogP contribution in [-0.2, 0) is 13.1 Å². The number of hydrogen-bond acceptors (Lipinski definition) is 3. The van der Waals surface area contributed by atoms with Crippen LogP contribution in [0.15, 0.2) is 69.8 Å². The summed E-state index contributed by atoms with van der Waals surface area (Å²) in [6.45, 7) is 0.535. The fraction of sp³-hybridized carbons (Fsp3) is 0.100. The summed E-state index contributed by atoms with van der Waals surface area (Å²) >= 11 is 3.18. The monoisotopic (exact) mass is 430 g/mol. The molecule has 2 amide bonds. The third-order valence-electron chi connectivity index (χ3n) is 3.82. The molecule has 2 N–H and O–H groups in total. The number of furan rings is 1. The van der Waals surface area contributed by atoms with Gasteiger partial charge in [0.25, 0.3) is 11.8 Å². The van der Waals surface area contributed by atoms with Gasteiger partial charge in [-0.05, 0) is 64.0 Å². The van der Waals surface area contributed by atoms with Gasteiger partial charge in [0.1, 0.15) is 11.6 Å². The van der Waals surface area contributed by atoms with Crippen LogP contribution >= 0.6 is 15.9 Å². The molecule has 7 heteroatoms. The summed E-state index contributed by atoms with van der Waals surface area (Å²) in [5.41, 5.74) is 1.59. The summed E-state index contributed by atoms with van der Waals surface area (Å²) in [5, 5.41) is 5.53. The van der Waals surface area contributed by atoms with Crippen molar-refractivity contribution in [2.45, 2.75) is 13.1 Å². The normalized spacial score (nSPS) is 10.4. The summed E-state index contributed by atoms with van der Waals surface area (Å²) in [5.74, 6) is -0.335. The highest BCUT2D eigenvalue weighted by Gasteiger charge is 2.11. The van der Waals surface area contributed by atoms with Crippen molar-refractivity contribution >= 4 is 27.7 Å². The largest absolute Gasteiger partial charge is 0.467 e. The first kappa shape index (κ1) is 18.8. The van der Waals surface area contributed by atoms with Gasteiger partial charge in [-0.25, -0.2) is 4.39 Å². The number of carbonyl (C=O) groups excluding carboxylic acids is 2. The third kappa shape index (κ3) is 5.04. The molecular weight excluding hydrogens is 415 g/mol. The molecule has 27 heavy (non-hydrogen) atoms. The maximum atomic E-state index is 13.1. The molecule has 0 saturated carbocycles. The maximum absolute atomic E-state index is 13.1. The Bertz CT molecular complexity index is 958. The number of carbonyl (C=O) groups is 2. The molecule has 0 bridgehead atoms. The minimum absolute atomic E-state index is 0.235. The Morgan fingerprint density at radius 3 is 2.52 bits per heavy atom. The first-order valence-corrected chi connectivity index (χ1v) is 8.95. The predicted molar refractivity (Wildman–Crippen MR) is 102 cm³/mol. The molecule has 0 saturated heterocycles. The Balaban J connectivity index is 1.60. The van der Waals surface area contributed by atoms with Crippen LogP contribution in [0.3, 0.4) is 0 Å². The van der Waals surface area contributed by atoms with E-state index in [9.17, 15) is 14.0 Å². The maximum Gasteiger partial charge on any atom is 0.252 e. The van der Waals surface area contributed by atoms with Gasteiger partial charge in [0.15, 0.2) is 0 Å². The molecular formula is C20H16BrFN2O3. The lowest BCUT2D eigenvalue weighted by molar-refractivity contribution is 0.0943. The second-order valence-corrected chi connectivity index (χ2v) is 6.62. The van der Waals surface area contributed by atoms with E-state index in [1.807, 2.05) is 6.07 Å². The number of rotatable bonds is 6. The Labute approximate surface area is 163 Å². The highest BCUT2D eigenvalue weighted by atomic mass is 79.9. The van der Waals surface area contributed by atoms with Crippen LogP contribution in [0.2, 0.25) is 0 Å². The van der Waals surface area contributed by atoms with Crippen molar-refractivity contribution in [2.24, 2.45) is 0 Å². The summed E-state index contributed by atoms with van der Waals surface area (Å²) in [6.07, 6.45) is 1.55. The first-order valence-electron chi connectivity index (χ1n) is 8.15. The van der Waals surface area contributed by atoms with Crippen molar-refractivity contribution in [1.29, 1.82) is 0 Å². The van der Waals surface area contributed by atoms with Crippen molar-refractivity contribution < 1.29 is 18.4 Å². The van der Waals surface area contributed by atoms with Crippen molar-refractivity contribution in [3.63, 3.8) is 0 Å². The molecule has 0 spiro atoms. The quantitative estimate of drug-likeness (QED) is 0.619. The van der Waals surface area contributed by atoms with Gasteiger partial charge in [-0.2, -0.15) is 0 Å². The highest BCUT2D eigenvalue weighted by molar-refractivity contribution is 9.10. The van der Waals surface area contributed by atoms with Crippen molar-refractivity contribution in [2.75, 3.05) is 0 Å². The van der Waals surface area contributed by atoms with E-state index >= 15 is 0 Å². The van der Waals surface area contributed by atoms with Crippen LogP contribution in [0.4, 0.5) is 4.39 Å². The van der Waals surface area contributed by atoms with Gasteiger partial charge in [0.2, 0.25) is 0 Å². The van der Waals surface area contributed by atoms with Gasteiger partial charge < -0.3 is 15.1 Å². The molecule has 138 valence electrons. The molecule has 3 rings (SSSR count). The van der Waals surface area contributed by atoms with E-state index in [2.05, 4.69) is 26.6 Å². The SMILES string of the molecule is O=C(NCc1ccco1)c1cccc(CNC(=O)c2ccc(F)cc2Br)c1. The van der Waals surface area contributed by atoms with Gasteiger partial charge in [-0.3, -0.25) is 9.59 Å². The smallest absolute Gasteiger partial charge is 0.252 e. The minimum atomic E-state index is -0.424. The van der Waals surface area contributed by atoms with Crippen LogP contribution in [0.5, 0.6) is 0 Å². The van der Waals surface area contributed by atoms with Crippen LogP contribution < -0.4 is 10.6 Å². The van der Waals surface area contributed by atoms with E-state index in [-0.39, 0.29) is 18.4 Å². The van der Waals surface area contributed by atoms with Crippen LogP contribution in [-0.4, -0.2) is 11.8 Å². The van der Waals surface area contributed by atoms with Crippen molar-refractivity contribution in [3.05, 3.63) is 93.6 Å². The Kier molecular flexibility index (Phi) is 6.03. The van der Waals surface area contributed by atoms with E-state index in [0.717, 1.165) is 5.56 Å². The summed E-state index contributed by atoms with van der Waals surface area (Å²) in [7, 11) is 0. The topological polar surface area (TPSA) is 71.3 Å². The Morgan fingerprint density at radius 2 is 1.78 bits per heavy atom. The van der Waals surface area contributed by atoms with Crippen LogP contribution in [0.25, 0.3) is 0 Å². The summed E-state index contributed by atoms with van der Waals surface area (Å²) in [4.78, 5) is 24.5. The van der Waals surface area contributed by atoms with Gasteiger partial charge in [0.05, 0.1) is 18.4 Å². The second kappa shape index (κ2) is 8.64. The highest BCUT2D eigenvalue weighted by Crippen LogP contribution is 2.18. The number of hydrogen-bond donors (Lipinski definition) is 2. The van der Waals surface area contributed by atoms with Crippen molar-refractivity contribution in [1.82, 2.24) is 10.6 Å². The average molecular weight is 431 g/mol. The second-order valence-electron chi connectivity index (χ2n) is 5.77. The number of nitrogens with one attached hydrogen (secondary N) is 2. The van der Waals surface area contributed by atoms with Gasteiger partial charge in [-0.15, -0.1) is 0 Å². The molecule has 0 aliphatic carbocycles. The summed E-state index contributed by atoms with van der Waals surface area (Å²) in [6, 6.07) is 14.4. The zero-order chi connectivity index (χ0) is 19.2. The molecule has 3 aromatic rings. The third-order valence-corrected chi connectivity index (χ3v) is 4.48. The Morgan fingerprint density at radius 1 is 0.963 bits per heavy atom. The molecule has 2 aromatic carbocycles.